The van der Waals surface area contributed by atoms with Crippen molar-refractivity contribution in [2.75, 3.05) is 7.11 Å². The van der Waals surface area contributed by atoms with Crippen molar-refractivity contribution < 1.29 is 22.7 Å². The molecule has 0 amide bonds. The minimum Gasteiger partial charge on any atom is -0.496 e. The second-order valence-electron chi connectivity index (χ2n) is 4.50. The third kappa shape index (κ3) is 4.89. The molecule has 0 heterocycles. The summed E-state index contributed by atoms with van der Waals surface area (Å²) in [6.45, 7) is 0. The van der Waals surface area contributed by atoms with Gasteiger partial charge in [-0.25, -0.2) is 4.39 Å². The maximum atomic E-state index is 13.1. The van der Waals surface area contributed by atoms with Crippen LogP contribution in [0.15, 0.2) is 53.4 Å². The van der Waals surface area contributed by atoms with Crippen LogP contribution in [0.5, 0.6) is 5.75 Å². The Morgan fingerprint density at radius 1 is 1.22 bits per heavy atom. The molecule has 0 N–H and O–H groups in total. The molecule has 2 aromatic rings. The number of ketones is 1. The van der Waals surface area contributed by atoms with Crippen molar-refractivity contribution in [2.24, 2.45) is 0 Å². The molecule has 0 aromatic heterocycles. The summed E-state index contributed by atoms with van der Waals surface area (Å²) in [6, 6.07) is 10.1. The second kappa shape index (κ2) is 7.87. The number of halogens is 3. The number of thioether (sulfide) groups is 1. The zero-order valence-corrected chi connectivity index (χ0v) is 12.9. The maximum absolute atomic E-state index is 13.1. The summed E-state index contributed by atoms with van der Waals surface area (Å²) >= 11 is 0.353. The second-order valence-corrected chi connectivity index (χ2v) is 5.53. The number of hydrogen-bond acceptors (Lipinski definition) is 3. The third-order valence-electron chi connectivity index (χ3n) is 2.94. The van der Waals surface area contributed by atoms with E-state index in [9.17, 15) is 18.0 Å². The molecule has 6 heteroatoms. The van der Waals surface area contributed by atoms with Crippen LogP contribution in [-0.4, -0.2) is 18.7 Å². The molecular weight excluding hydrogens is 325 g/mol. The highest BCUT2D eigenvalue weighted by atomic mass is 32.2. The number of alkyl halides is 2. The van der Waals surface area contributed by atoms with Crippen LogP contribution >= 0.6 is 11.8 Å². The number of benzene rings is 2. The van der Waals surface area contributed by atoms with Gasteiger partial charge in [-0.2, -0.15) is 8.78 Å². The van der Waals surface area contributed by atoms with Crippen LogP contribution in [0.3, 0.4) is 0 Å². The van der Waals surface area contributed by atoms with E-state index in [0.717, 1.165) is 0 Å². The summed E-state index contributed by atoms with van der Waals surface area (Å²) in [6.07, 6.45) is 2.78. The van der Waals surface area contributed by atoms with Crippen molar-refractivity contribution in [3.05, 3.63) is 65.5 Å². The Morgan fingerprint density at radius 3 is 2.65 bits per heavy atom. The number of rotatable bonds is 6. The lowest BCUT2D eigenvalue weighted by molar-refractivity contribution is 0.104. The average Bonchev–Trinajstić information content (AvgIpc) is 2.52. The van der Waals surface area contributed by atoms with Crippen LogP contribution < -0.4 is 4.74 Å². The molecule has 0 saturated heterocycles. The Morgan fingerprint density at radius 2 is 2.00 bits per heavy atom. The van der Waals surface area contributed by atoms with Crippen molar-refractivity contribution in [2.45, 2.75) is 10.7 Å². The first-order chi connectivity index (χ1) is 11.0. The van der Waals surface area contributed by atoms with Gasteiger partial charge in [0.15, 0.2) is 5.78 Å². The Kier molecular flexibility index (Phi) is 5.87. The molecule has 0 radical (unpaired) electrons. The van der Waals surface area contributed by atoms with Crippen molar-refractivity contribution in [1.29, 1.82) is 0 Å². The fraction of sp³-hybridized carbons (Fsp3) is 0.118. The molecule has 0 aliphatic carbocycles. The SMILES string of the molecule is COc1cc(C(=O)/C=C/c2cccc(F)c2)ccc1SC(F)F. The molecule has 2 rings (SSSR count). The van der Waals surface area contributed by atoms with Crippen molar-refractivity contribution in [1.82, 2.24) is 0 Å². The minimum atomic E-state index is -2.57. The van der Waals surface area contributed by atoms with E-state index in [1.807, 2.05) is 0 Å². The summed E-state index contributed by atoms with van der Waals surface area (Å²) in [4.78, 5) is 12.4. The lowest BCUT2D eigenvalue weighted by Crippen LogP contribution is -1.97. The molecule has 0 bridgehead atoms. The molecule has 0 spiro atoms. The molecule has 0 saturated carbocycles. The van der Waals surface area contributed by atoms with Crippen LogP contribution in [0.4, 0.5) is 13.2 Å². The number of carbonyl (C=O) groups is 1. The van der Waals surface area contributed by atoms with Gasteiger partial charge in [-0.05, 0) is 42.0 Å². The van der Waals surface area contributed by atoms with Crippen molar-refractivity contribution >= 4 is 23.6 Å². The van der Waals surface area contributed by atoms with E-state index in [1.165, 1.54) is 49.6 Å². The fourth-order valence-corrected chi connectivity index (χ4v) is 2.49. The summed E-state index contributed by atoms with van der Waals surface area (Å²) in [7, 11) is 1.35. The van der Waals surface area contributed by atoms with Gasteiger partial charge in [0.2, 0.25) is 0 Å². The molecule has 2 nitrogen and oxygen atoms in total. The smallest absolute Gasteiger partial charge is 0.289 e. The first kappa shape index (κ1) is 17.1. The van der Waals surface area contributed by atoms with Crippen molar-refractivity contribution in [3.8, 4) is 5.75 Å². The Bertz CT molecular complexity index is 730. The Hall–Kier alpha value is -2.21. The maximum Gasteiger partial charge on any atom is 0.289 e. The quantitative estimate of drug-likeness (QED) is 0.419. The number of carbonyl (C=O) groups excluding carboxylic acids is 1. The van der Waals surface area contributed by atoms with Gasteiger partial charge in [-0.3, -0.25) is 4.79 Å². The van der Waals surface area contributed by atoms with Crippen LogP contribution in [0.2, 0.25) is 0 Å². The van der Waals surface area contributed by atoms with Crippen LogP contribution in [0, 0.1) is 5.82 Å². The number of methoxy groups -OCH3 is 1. The van der Waals surface area contributed by atoms with Gasteiger partial charge >= 0.3 is 0 Å². The van der Waals surface area contributed by atoms with E-state index in [1.54, 1.807) is 12.1 Å². The predicted octanol–water partition coefficient (Wildman–Crippen LogP) is 5.05. The normalized spacial score (nSPS) is 11.2. The molecule has 120 valence electrons. The summed E-state index contributed by atoms with van der Waals surface area (Å²) < 4.78 is 43.0. The van der Waals surface area contributed by atoms with Gasteiger partial charge in [0.25, 0.3) is 5.76 Å². The van der Waals surface area contributed by atoms with Gasteiger partial charge in [0, 0.05) is 5.56 Å². The van der Waals surface area contributed by atoms with Gasteiger partial charge in [-0.15, -0.1) is 0 Å². The first-order valence-electron chi connectivity index (χ1n) is 6.60. The van der Waals surface area contributed by atoms with Gasteiger partial charge in [0.05, 0.1) is 12.0 Å². The highest BCUT2D eigenvalue weighted by Gasteiger charge is 2.13. The van der Waals surface area contributed by atoms with E-state index in [0.29, 0.717) is 22.9 Å². The number of allylic oxidation sites excluding steroid dienone is 1. The van der Waals surface area contributed by atoms with Gasteiger partial charge < -0.3 is 4.74 Å². The van der Waals surface area contributed by atoms with E-state index >= 15 is 0 Å². The summed E-state index contributed by atoms with van der Waals surface area (Å²) in [5.41, 5.74) is 0.850. The Balaban J connectivity index is 2.19. The number of ether oxygens (including phenoxy) is 1. The molecule has 0 fully saturated rings. The zero-order chi connectivity index (χ0) is 16.8. The van der Waals surface area contributed by atoms with Crippen LogP contribution in [-0.2, 0) is 0 Å². The molecule has 0 aliphatic rings. The molecule has 0 unspecified atom stereocenters. The molecule has 2 aromatic carbocycles. The molecule has 0 aliphatic heterocycles. The van der Waals surface area contributed by atoms with E-state index in [2.05, 4.69) is 0 Å². The average molecular weight is 338 g/mol. The topological polar surface area (TPSA) is 26.3 Å². The van der Waals surface area contributed by atoms with Crippen molar-refractivity contribution in [3.63, 3.8) is 0 Å². The molecule has 23 heavy (non-hydrogen) atoms. The highest BCUT2D eigenvalue weighted by molar-refractivity contribution is 7.99. The lowest BCUT2D eigenvalue weighted by Gasteiger charge is -2.08. The van der Waals surface area contributed by atoms with Crippen LogP contribution in [0.1, 0.15) is 15.9 Å². The molecule has 0 atom stereocenters. The number of hydrogen-bond donors (Lipinski definition) is 0. The van der Waals surface area contributed by atoms with E-state index in [4.69, 9.17) is 4.74 Å². The van der Waals surface area contributed by atoms with Gasteiger partial charge in [0.1, 0.15) is 11.6 Å². The third-order valence-corrected chi connectivity index (χ3v) is 3.71. The molecular formula is C17H13F3O2S. The minimum absolute atomic E-state index is 0.209. The standard InChI is InChI=1S/C17H13F3O2S/c1-22-15-10-12(6-8-16(15)23-17(19)20)14(21)7-5-11-3-2-4-13(18)9-11/h2-10,17H,1H3/b7-5+. The largest absolute Gasteiger partial charge is 0.496 e. The zero-order valence-electron chi connectivity index (χ0n) is 12.1. The summed E-state index contributed by atoms with van der Waals surface area (Å²) in [5.74, 6) is -3.09. The Labute approximate surface area is 136 Å². The fourth-order valence-electron chi connectivity index (χ4n) is 1.89. The van der Waals surface area contributed by atoms with Gasteiger partial charge in [-0.1, -0.05) is 30.0 Å². The highest BCUT2D eigenvalue weighted by Crippen LogP contribution is 2.34. The van der Waals surface area contributed by atoms with E-state index in [-0.39, 0.29) is 16.4 Å². The first-order valence-corrected chi connectivity index (χ1v) is 7.48. The lowest BCUT2D eigenvalue weighted by atomic mass is 10.1. The van der Waals surface area contributed by atoms with Crippen LogP contribution in [0.25, 0.3) is 6.08 Å². The summed E-state index contributed by atoms with van der Waals surface area (Å²) in [5, 5.41) is 0. The monoisotopic (exact) mass is 338 g/mol. The predicted molar refractivity (Wildman–Crippen MR) is 84.6 cm³/mol. The van der Waals surface area contributed by atoms with E-state index < -0.39 is 11.6 Å².